The highest BCUT2D eigenvalue weighted by Crippen LogP contribution is 2.23. The summed E-state index contributed by atoms with van der Waals surface area (Å²) in [5.74, 6) is -0.225. The number of aromatic nitrogens is 1. The second-order valence-corrected chi connectivity index (χ2v) is 6.96. The Morgan fingerprint density at radius 1 is 1.30 bits per heavy atom. The predicted octanol–water partition coefficient (Wildman–Crippen LogP) is 2.45. The van der Waals surface area contributed by atoms with E-state index >= 15 is 0 Å². The molecule has 0 spiro atoms. The Morgan fingerprint density at radius 3 is 2.83 bits per heavy atom. The second kappa shape index (κ2) is 7.49. The van der Waals surface area contributed by atoms with Crippen LogP contribution in [0.2, 0.25) is 0 Å². The van der Waals surface area contributed by atoms with E-state index in [9.17, 15) is 9.50 Å². The zero-order valence-electron chi connectivity index (χ0n) is 13.3. The molecular weight excluding hydrogens is 313 g/mol. The number of nitrogens with zero attached hydrogens (tertiary/aromatic N) is 3. The minimum absolute atomic E-state index is 0.225. The average molecular weight is 335 g/mol. The van der Waals surface area contributed by atoms with Crippen molar-refractivity contribution in [1.82, 2.24) is 14.8 Å². The molecule has 3 rings (SSSR count). The summed E-state index contributed by atoms with van der Waals surface area (Å²) >= 11 is 1.65. The fraction of sp³-hybridized carbons (Fsp3) is 0.471. The topological polar surface area (TPSA) is 39.6 Å². The Bertz CT molecular complexity index is 631. The summed E-state index contributed by atoms with van der Waals surface area (Å²) in [5.41, 5.74) is 1.86. The highest BCUT2D eigenvalue weighted by atomic mass is 32.1. The maximum absolute atomic E-state index is 13.0. The summed E-state index contributed by atoms with van der Waals surface area (Å²) in [6.45, 7) is 4.06. The minimum atomic E-state index is -0.225. The van der Waals surface area contributed by atoms with Gasteiger partial charge >= 0.3 is 0 Å². The number of hydrogen-bond acceptors (Lipinski definition) is 5. The lowest BCUT2D eigenvalue weighted by Gasteiger charge is -2.39. The minimum Gasteiger partial charge on any atom is -0.396 e. The van der Waals surface area contributed by atoms with Gasteiger partial charge in [-0.2, -0.15) is 0 Å². The van der Waals surface area contributed by atoms with Crippen LogP contribution in [0.3, 0.4) is 0 Å². The number of piperazine rings is 1. The fourth-order valence-electron chi connectivity index (χ4n) is 2.94. The summed E-state index contributed by atoms with van der Waals surface area (Å²) in [6, 6.07) is 6.87. The highest BCUT2D eigenvalue weighted by molar-refractivity contribution is 7.09. The van der Waals surface area contributed by atoms with Gasteiger partial charge in [-0.25, -0.2) is 9.37 Å². The number of halogens is 1. The van der Waals surface area contributed by atoms with Crippen LogP contribution in [0.1, 0.15) is 11.4 Å². The number of likely N-dealkylation sites (N-methyl/N-ethyl adjacent to an activating group) is 1. The molecule has 2 heterocycles. The summed E-state index contributed by atoms with van der Waals surface area (Å²) in [6.07, 6.45) is 0.811. The lowest BCUT2D eigenvalue weighted by atomic mass is 10.1. The van der Waals surface area contributed by atoms with Gasteiger partial charge in [-0.15, -0.1) is 11.3 Å². The van der Waals surface area contributed by atoms with Gasteiger partial charge in [0.1, 0.15) is 10.8 Å². The molecular formula is C17H22FN3OS. The Labute approximate surface area is 140 Å². The number of rotatable bonds is 5. The van der Waals surface area contributed by atoms with Crippen LogP contribution >= 0.6 is 11.3 Å². The molecule has 1 N–H and O–H groups in total. The molecule has 1 saturated heterocycles. The lowest BCUT2D eigenvalue weighted by molar-refractivity contribution is 0.0743. The molecule has 1 fully saturated rings. The van der Waals surface area contributed by atoms with Gasteiger partial charge in [-0.05, 0) is 37.7 Å². The van der Waals surface area contributed by atoms with Crippen molar-refractivity contribution < 1.29 is 9.50 Å². The Morgan fingerprint density at radius 2 is 2.09 bits per heavy atom. The summed E-state index contributed by atoms with van der Waals surface area (Å²) in [4.78, 5) is 9.40. The van der Waals surface area contributed by atoms with Gasteiger partial charge in [0.15, 0.2) is 0 Å². The molecule has 23 heavy (non-hydrogen) atoms. The summed E-state index contributed by atoms with van der Waals surface area (Å²) in [7, 11) is 2.12. The highest BCUT2D eigenvalue weighted by Gasteiger charge is 2.24. The maximum Gasteiger partial charge on any atom is 0.123 e. The standard InChI is InChI=1S/C17H22FN3OS/c1-20-7-8-21(10-15(20)6-9-22)11-17-19-16(12-23-17)13-2-4-14(18)5-3-13/h2-5,12,15,22H,6-11H2,1H3. The molecule has 124 valence electrons. The number of benzene rings is 1. The van der Waals surface area contributed by atoms with E-state index in [0.717, 1.165) is 48.9 Å². The Balaban J connectivity index is 1.63. The van der Waals surface area contributed by atoms with Crippen molar-refractivity contribution >= 4 is 11.3 Å². The zero-order valence-corrected chi connectivity index (χ0v) is 14.1. The predicted molar refractivity (Wildman–Crippen MR) is 90.9 cm³/mol. The number of hydrogen-bond donors (Lipinski definition) is 1. The molecule has 4 nitrogen and oxygen atoms in total. The Hall–Kier alpha value is -1.34. The first-order valence-electron chi connectivity index (χ1n) is 7.89. The van der Waals surface area contributed by atoms with Crippen LogP contribution in [0.5, 0.6) is 0 Å². The molecule has 1 atom stereocenters. The molecule has 2 aromatic rings. The molecule has 1 aromatic heterocycles. The van der Waals surface area contributed by atoms with Crippen molar-refractivity contribution in [3.8, 4) is 11.3 Å². The molecule has 0 saturated carbocycles. The van der Waals surface area contributed by atoms with Crippen molar-refractivity contribution in [3.63, 3.8) is 0 Å². The van der Waals surface area contributed by atoms with Crippen LogP contribution in [0.25, 0.3) is 11.3 Å². The molecule has 1 aliphatic rings. The number of aliphatic hydroxyl groups excluding tert-OH is 1. The molecule has 0 bridgehead atoms. The van der Waals surface area contributed by atoms with E-state index < -0.39 is 0 Å². The summed E-state index contributed by atoms with van der Waals surface area (Å²) in [5, 5.41) is 12.3. The second-order valence-electron chi connectivity index (χ2n) is 6.02. The molecule has 0 amide bonds. The van der Waals surface area contributed by atoms with E-state index in [1.165, 1.54) is 12.1 Å². The smallest absolute Gasteiger partial charge is 0.123 e. The van der Waals surface area contributed by atoms with E-state index in [0.29, 0.717) is 6.04 Å². The van der Waals surface area contributed by atoms with Gasteiger partial charge in [-0.3, -0.25) is 4.90 Å². The van der Waals surface area contributed by atoms with Crippen LogP contribution in [0.15, 0.2) is 29.6 Å². The van der Waals surface area contributed by atoms with Gasteiger partial charge in [0.2, 0.25) is 0 Å². The van der Waals surface area contributed by atoms with Gasteiger partial charge in [-0.1, -0.05) is 0 Å². The van der Waals surface area contributed by atoms with Gasteiger partial charge < -0.3 is 10.0 Å². The fourth-order valence-corrected chi connectivity index (χ4v) is 3.79. The van der Waals surface area contributed by atoms with E-state index in [1.54, 1.807) is 23.5 Å². The quantitative estimate of drug-likeness (QED) is 0.911. The first-order chi connectivity index (χ1) is 11.2. The van der Waals surface area contributed by atoms with Crippen molar-refractivity contribution in [1.29, 1.82) is 0 Å². The molecule has 0 radical (unpaired) electrons. The average Bonchev–Trinajstić information content (AvgIpc) is 3.00. The molecule has 1 aliphatic heterocycles. The first-order valence-corrected chi connectivity index (χ1v) is 8.77. The maximum atomic E-state index is 13.0. The van der Waals surface area contributed by atoms with Crippen molar-refractivity contribution in [2.45, 2.75) is 19.0 Å². The van der Waals surface area contributed by atoms with Crippen molar-refractivity contribution in [2.75, 3.05) is 33.3 Å². The van der Waals surface area contributed by atoms with Crippen molar-refractivity contribution in [3.05, 3.63) is 40.5 Å². The third-order valence-electron chi connectivity index (χ3n) is 4.37. The van der Waals surface area contributed by atoms with Crippen LogP contribution in [-0.4, -0.2) is 59.2 Å². The third kappa shape index (κ3) is 4.14. The largest absolute Gasteiger partial charge is 0.396 e. The van der Waals surface area contributed by atoms with Gasteiger partial charge in [0.05, 0.1) is 12.2 Å². The Kier molecular flexibility index (Phi) is 5.38. The molecule has 1 aromatic carbocycles. The zero-order chi connectivity index (χ0) is 16.2. The van der Waals surface area contributed by atoms with E-state index in [1.807, 2.05) is 5.38 Å². The van der Waals surface area contributed by atoms with E-state index in [2.05, 4.69) is 21.8 Å². The van der Waals surface area contributed by atoms with E-state index in [-0.39, 0.29) is 12.4 Å². The monoisotopic (exact) mass is 335 g/mol. The van der Waals surface area contributed by atoms with Gasteiger partial charge in [0.25, 0.3) is 0 Å². The molecule has 0 aliphatic carbocycles. The lowest BCUT2D eigenvalue weighted by Crippen LogP contribution is -2.51. The normalized spacial score (nSPS) is 20.0. The summed E-state index contributed by atoms with van der Waals surface area (Å²) < 4.78 is 13.0. The van der Waals surface area contributed by atoms with Crippen LogP contribution in [0.4, 0.5) is 4.39 Å². The molecule has 1 unspecified atom stereocenters. The number of thiazole rings is 1. The molecule has 6 heteroatoms. The first kappa shape index (κ1) is 16.5. The van der Waals surface area contributed by atoms with Crippen LogP contribution in [0, 0.1) is 5.82 Å². The SMILES string of the molecule is CN1CCN(Cc2nc(-c3ccc(F)cc3)cs2)CC1CCO. The number of aliphatic hydroxyl groups is 1. The van der Waals surface area contributed by atoms with Crippen LogP contribution in [-0.2, 0) is 6.54 Å². The van der Waals surface area contributed by atoms with Crippen molar-refractivity contribution in [2.24, 2.45) is 0 Å². The van der Waals surface area contributed by atoms with Crippen LogP contribution < -0.4 is 0 Å². The third-order valence-corrected chi connectivity index (χ3v) is 5.21. The van der Waals surface area contributed by atoms with E-state index in [4.69, 9.17) is 0 Å². The van der Waals surface area contributed by atoms with Gasteiger partial charge in [0, 0.05) is 43.2 Å².